The van der Waals surface area contributed by atoms with E-state index in [1.165, 1.54) is 0 Å². The van der Waals surface area contributed by atoms with Gasteiger partial charge in [0.2, 0.25) is 0 Å². The molecule has 1 N–H and O–H groups in total. The average Bonchev–Trinajstić information content (AvgIpc) is 2.41. The van der Waals surface area contributed by atoms with Crippen molar-refractivity contribution >= 4 is 11.9 Å². The molecule has 2 aromatic rings. The number of carboxylic acid groups (broad SMARTS) is 1. The average molecular weight is 255 g/mol. The van der Waals surface area contributed by atoms with Crippen LogP contribution in [0.2, 0.25) is 0 Å². The van der Waals surface area contributed by atoms with Gasteiger partial charge in [-0.2, -0.15) is 0 Å². The van der Waals surface area contributed by atoms with Gasteiger partial charge in [-0.25, -0.2) is 4.79 Å². The molecule has 4 heteroatoms. The molecule has 0 aliphatic rings. The highest BCUT2D eigenvalue weighted by Crippen LogP contribution is 2.15. The number of carbonyl (C=O) groups is 2. The Kier molecular flexibility index (Phi) is 3.93. The van der Waals surface area contributed by atoms with Gasteiger partial charge in [-0.3, -0.25) is 4.79 Å². The summed E-state index contributed by atoms with van der Waals surface area (Å²) in [6.07, 6.45) is 1.07. The Balaban J connectivity index is 2.04. The first-order chi connectivity index (χ1) is 9.15. The lowest BCUT2D eigenvalue weighted by atomic mass is 10.1. The maximum Gasteiger partial charge on any atom is 0.343 e. The Labute approximate surface area is 110 Å². The summed E-state index contributed by atoms with van der Waals surface area (Å²) < 4.78 is 5.16. The molecule has 0 unspecified atom stereocenters. The number of carbonyl (C=O) groups excluding carboxylic acids is 1. The standard InChI is InChI=1S/C15H11O4/c16-14(17)10-11-6-8-13(9-7-11)19-15(18)12-4-2-1-3-5-12/h1-10H,(H,16,17). The van der Waals surface area contributed by atoms with Crippen molar-refractivity contribution in [3.05, 3.63) is 72.1 Å². The number of benzene rings is 2. The fourth-order valence-corrected chi connectivity index (χ4v) is 1.51. The number of hydrogen-bond donors (Lipinski definition) is 1. The lowest BCUT2D eigenvalue weighted by Gasteiger charge is -2.04. The molecule has 0 aliphatic carbocycles. The van der Waals surface area contributed by atoms with Crippen molar-refractivity contribution in [1.29, 1.82) is 0 Å². The third-order valence-corrected chi connectivity index (χ3v) is 2.39. The molecule has 2 aromatic carbocycles. The van der Waals surface area contributed by atoms with E-state index in [9.17, 15) is 9.59 Å². The zero-order chi connectivity index (χ0) is 13.7. The van der Waals surface area contributed by atoms with Gasteiger partial charge >= 0.3 is 11.9 Å². The van der Waals surface area contributed by atoms with Gasteiger partial charge in [-0.15, -0.1) is 0 Å². The van der Waals surface area contributed by atoms with Crippen LogP contribution in [0.1, 0.15) is 15.9 Å². The smallest absolute Gasteiger partial charge is 0.343 e. The molecule has 19 heavy (non-hydrogen) atoms. The summed E-state index contributed by atoms with van der Waals surface area (Å²) in [5.74, 6) is -1.10. The summed E-state index contributed by atoms with van der Waals surface area (Å²) in [5.41, 5.74) is 0.996. The van der Waals surface area contributed by atoms with Crippen molar-refractivity contribution in [1.82, 2.24) is 0 Å². The molecule has 4 nitrogen and oxygen atoms in total. The Morgan fingerprint density at radius 3 is 2.16 bits per heavy atom. The molecule has 1 radical (unpaired) electrons. The molecule has 0 saturated heterocycles. The van der Waals surface area contributed by atoms with E-state index in [2.05, 4.69) is 0 Å². The van der Waals surface area contributed by atoms with Crippen LogP contribution in [0.5, 0.6) is 5.75 Å². The number of rotatable bonds is 4. The van der Waals surface area contributed by atoms with Crippen molar-refractivity contribution in [3.63, 3.8) is 0 Å². The van der Waals surface area contributed by atoms with Gasteiger partial charge in [0.15, 0.2) is 0 Å². The van der Waals surface area contributed by atoms with Crippen molar-refractivity contribution in [3.8, 4) is 5.75 Å². The zero-order valence-corrected chi connectivity index (χ0v) is 9.95. The molecule has 0 heterocycles. The van der Waals surface area contributed by atoms with Gasteiger partial charge in [-0.05, 0) is 29.8 Å². The van der Waals surface area contributed by atoms with E-state index in [1.54, 1.807) is 48.5 Å². The molecule has 95 valence electrons. The van der Waals surface area contributed by atoms with E-state index in [4.69, 9.17) is 9.84 Å². The van der Waals surface area contributed by atoms with Crippen molar-refractivity contribution in [2.24, 2.45) is 0 Å². The summed E-state index contributed by atoms with van der Waals surface area (Å²) in [5, 5.41) is 8.59. The molecule has 0 amide bonds. The Morgan fingerprint density at radius 2 is 1.58 bits per heavy atom. The molecule has 0 saturated carbocycles. The van der Waals surface area contributed by atoms with Gasteiger partial charge < -0.3 is 9.84 Å². The molecule has 0 bridgehead atoms. The van der Waals surface area contributed by atoms with E-state index in [-0.39, 0.29) is 0 Å². The van der Waals surface area contributed by atoms with E-state index >= 15 is 0 Å². The molecule has 0 fully saturated rings. The second kappa shape index (κ2) is 5.82. The zero-order valence-electron chi connectivity index (χ0n) is 9.95. The number of carboxylic acids is 1. The predicted molar refractivity (Wildman–Crippen MR) is 68.9 cm³/mol. The second-order valence-electron chi connectivity index (χ2n) is 3.81. The molecule has 0 spiro atoms. The lowest BCUT2D eigenvalue weighted by Crippen LogP contribution is -2.08. The Bertz CT molecular complexity index is 573. The summed E-state index contributed by atoms with van der Waals surface area (Å²) in [6, 6.07) is 14.9. The maximum absolute atomic E-state index is 11.8. The topological polar surface area (TPSA) is 63.6 Å². The third-order valence-electron chi connectivity index (χ3n) is 2.39. The van der Waals surface area contributed by atoms with Crippen molar-refractivity contribution < 1.29 is 19.4 Å². The minimum Gasteiger partial charge on any atom is -0.481 e. The lowest BCUT2D eigenvalue weighted by molar-refractivity contribution is -0.132. The van der Waals surface area contributed by atoms with Crippen LogP contribution < -0.4 is 4.74 Å². The fourth-order valence-electron chi connectivity index (χ4n) is 1.51. The SMILES string of the molecule is O=C(O)[CH]c1ccc(OC(=O)c2ccccc2)cc1. The summed E-state index contributed by atoms with van der Waals surface area (Å²) in [6.45, 7) is 0. The maximum atomic E-state index is 11.8. The van der Waals surface area contributed by atoms with E-state index in [1.807, 2.05) is 6.07 Å². The minimum atomic E-state index is -1.02. The van der Waals surface area contributed by atoms with Crippen LogP contribution in [-0.2, 0) is 4.79 Å². The highest BCUT2D eigenvalue weighted by molar-refractivity contribution is 5.91. The van der Waals surface area contributed by atoms with E-state index < -0.39 is 11.9 Å². The molecule has 0 aliphatic heterocycles. The highest BCUT2D eigenvalue weighted by Gasteiger charge is 2.08. The predicted octanol–water partition coefficient (Wildman–Crippen LogP) is 2.54. The molecule has 2 rings (SSSR count). The first kappa shape index (κ1) is 12.8. The number of esters is 1. The first-order valence-corrected chi connectivity index (χ1v) is 5.60. The van der Waals surface area contributed by atoms with Crippen LogP contribution in [0, 0.1) is 6.42 Å². The fraction of sp³-hybridized carbons (Fsp3) is 0. The van der Waals surface area contributed by atoms with Crippen molar-refractivity contribution in [2.45, 2.75) is 0 Å². The van der Waals surface area contributed by atoms with Gasteiger partial charge in [0.25, 0.3) is 0 Å². The van der Waals surface area contributed by atoms with Crippen LogP contribution in [0.25, 0.3) is 0 Å². The van der Waals surface area contributed by atoms with E-state index in [0.29, 0.717) is 16.9 Å². The highest BCUT2D eigenvalue weighted by atomic mass is 16.5. The first-order valence-electron chi connectivity index (χ1n) is 5.60. The van der Waals surface area contributed by atoms with Crippen LogP contribution in [0.15, 0.2) is 54.6 Å². The van der Waals surface area contributed by atoms with Crippen LogP contribution in [0.3, 0.4) is 0 Å². The van der Waals surface area contributed by atoms with Crippen LogP contribution in [0.4, 0.5) is 0 Å². The van der Waals surface area contributed by atoms with Crippen molar-refractivity contribution in [2.75, 3.05) is 0 Å². The number of aliphatic carboxylic acids is 1. The normalized spacial score (nSPS) is 9.89. The quantitative estimate of drug-likeness (QED) is 0.673. The Morgan fingerprint density at radius 1 is 0.947 bits per heavy atom. The van der Waals surface area contributed by atoms with Gasteiger partial charge in [0.05, 0.1) is 12.0 Å². The molecule has 0 aromatic heterocycles. The third kappa shape index (κ3) is 3.67. The number of ether oxygens (including phenoxy) is 1. The largest absolute Gasteiger partial charge is 0.481 e. The summed E-state index contributed by atoms with van der Waals surface area (Å²) >= 11 is 0. The minimum absolute atomic E-state index is 0.372. The number of hydrogen-bond acceptors (Lipinski definition) is 3. The van der Waals surface area contributed by atoms with Gasteiger partial charge in [-0.1, -0.05) is 30.3 Å². The van der Waals surface area contributed by atoms with Gasteiger partial charge in [0, 0.05) is 0 Å². The molecular weight excluding hydrogens is 244 g/mol. The van der Waals surface area contributed by atoms with E-state index in [0.717, 1.165) is 6.42 Å². The van der Waals surface area contributed by atoms with Gasteiger partial charge in [0.1, 0.15) is 5.75 Å². The van der Waals surface area contributed by atoms with Crippen LogP contribution in [-0.4, -0.2) is 17.0 Å². The Hall–Kier alpha value is -2.62. The summed E-state index contributed by atoms with van der Waals surface area (Å²) in [4.78, 5) is 22.2. The molecular formula is C15H11O4. The molecule has 0 atom stereocenters. The second-order valence-corrected chi connectivity index (χ2v) is 3.81. The van der Waals surface area contributed by atoms with Crippen LogP contribution >= 0.6 is 0 Å². The summed E-state index contributed by atoms with van der Waals surface area (Å²) in [7, 11) is 0. The monoisotopic (exact) mass is 255 g/mol.